The molecular weight excluding hydrogens is 270 g/mol. The van der Waals surface area contributed by atoms with Gasteiger partial charge in [0.15, 0.2) is 5.82 Å². The minimum atomic E-state index is 0.244. The predicted molar refractivity (Wildman–Crippen MR) is 77.9 cm³/mol. The number of nitrogen functional groups attached to an aromatic ring is 1. The number of hydrogen-bond acceptors (Lipinski definition) is 6. The number of nitrogens with zero attached hydrogens (tertiary/aromatic N) is 4. The van der Waals surface area contributed by atoms with Gasteiger partial charge in [0.2, 0.25) is 0 Å². The Hall–Kier alpha value is -2.15. The van der Waals surface area contributed by atoms with Crippen molar-refractivity contribution in [3.63, 3.8) is 0 Å². The zero-order chi connectivity index (χ0) is 14.8. The SMILES string of the molecule is CCOc1cccc(N)c1-c1nnnn1C1CC(OC)C1. The average Bonchev–Trinajstić information content (AvgIpc) is 2.87. The van der Waals surface area contributed by atoms with Gasteiger partial charge in [-0.25, -0.2) is 4.68 Å². The van der Waals surface area contributed by atoms with Gasteiger partial charge in [0.05, 0.1) is 24.3 Å². The lowest BCUT2D eigenvalue weighted by molar-refractivity contribution is 0.00247. The summed E-state index contributed by atoms with van der Waals surface area (Å²) in [6.45, 7) is 2.50. The van der Waals surface area contributed by atoms with Crippen LogP contribution in [0.5, 0.6) is 5.75 Å². The molecule has 0 saturated heterocycles. The van der Waals surface area contributed by atoms with Crippen molar-refractivity contribution >= 4 is 5.69 Å². The quantitative estimate of drug-likeness (QED) is 0.842. The zero-order valence-electron chi connectivity index (χ0n) is 12.2. The molecule has 112 valence electrons. The van der Waals surface area contributed by atoms with Crippen LogP contribution in [0.15, 0.2) is 18.2 Å². The summed E-state index contributed by atoms with van der Waals surface area (Å²) < 4.78 is 12.8. The molecule has 1 aromatic carbocycles. The number of hydrogen-bond donors (Lipinski definition) is 1. The molecule has 21 heavy (non-hydrogen) atoms. The number of tetrazole rings is 1. The third kappa shape index (κ3) is 2.44. The Morgan fingerprint density at radius 2 is 2.19 bits per heavy atom. The van der Waals surface area contributed by atoms with E-state index in [1.165, 1.54) is 0 Å². The molecule has 1 heterocycles. The van der Waals surface area contributed by atoms with Crippen LogP contribution in [0.3, 0.4) is 0 Å². The Bertz CT molecular complexity index is 622. The summed E-state index contributed by atoms with van der Waals surface area (Å²) in [5.41, 5.74) is 7.48. The summed E-state index contributed by atoms with van der Waals surface area (Å²) in [6.07, 6.45) is 2.10. The molecule has 0 aliphatic heterocycles. The van der Waals surface area contributed by atoms with E-state index in [0.717, 1.165) is 18.4 Å². The van der Waals surface area contributed by atoms with Crippen molar-refractivity contribution in [1.29, 1.82) is 0 Å². The molecule has 1 fully saturated rings. The highest BCUT2D eigenvalue weighted by molar-refractivity contribution is 5.77. The summed E-state index contributed by atoms with van der Waals surface area (Å²) in [5, 5.41) is 12.1. The van der Waals surface area contributed by atoms with Gasteiger partial charge in [0.25, 0.3) is 0 Å². The van der Waals surface area contributed by atoms with Crippen molar-refractivity contribution in [2.75, 3.05) is 19.5 Å². The van der Waals surface area contributed by atoms with Crippen LogP contribution in [-0.2, 0) is 4.74 Å². The Kier molecular flexibility index (Phi) is 3.74. The zero-order valence-corrected chi connectivity index (χ0v) is 12.2. The van der Waals surface area contributed by atoms with Crippen molar-refractivity contribution < 1.29 is 9.47 Å². The van der Waals surface area contributed by atoms with Crippen LogP contribution in [0.25, 0.3) is 11.4 Å². The second kappa shape index (κ2) is 5.69. The number of nitrogens with two attached hydrogens (primary N) is 1. The van der Waals surface area contributed by atoms with Gasteiger partial charge < -0.3 is 15.2 Å². The number of methoxy groups -OCH3 is 1. The first-order chi connectivity index (χ1) is 10.2. The lowest BCUT2D eigenvalue weighted by Gasteiger charge is -2.34. The van der Waals surface area contributed by atoms with Crippen LogP contribution in [0.2, 0.25) is 0 Å². The van der Waals surface area contributed by atoms with Gasteiger partial charge in [-0.05, 0) is 42.3 Å². The molecule has 2 N–H and O–H groups in total. The van der Waals surface area contributed by atoms with Crippen LogP contribution in [0.4, 0.5) is 5.69 Å². The Labute approximate surface area is 123 Å². The van der Waals surface area contributed by atoms with Gasteiger partial charge in [-0.2, -0.15) is 0 Å². The van der Waals surface area contributed by atoms with E-state index in [4.69, 9.17) is 15.2 Å². The van der Waals surface area contributed by atoms with E-state index in [0.29, 0.717) is 23.9 Å². The largest absolute Gasteiger partial charge is 0.493 e. The second-order valence-corrected chi connectivity index (χ2v) is 5.08. The van der Waals surface area contributed by atoms with Crippen molar-refractivity contribution in [3.8, 4) is 17.1 Å². The molecule has 0 unspecified atom stereocenters. The van der Waals surface area contributed by atoms with E-state index >= 15 is 0 Å². The second-order valence-electron chi connectivity index (χ2n) is 5.08. The Balaban J connectivity index is 1.97. The van der Waals surface area contributed by atoms with Gasteiger partial charge in [0, 0.05) is 12.8 Å². The van der Waals surface area contributed by atoms with Crippen LogP contribution in [0.1, 0.15) is 25.8 Å². The van der Waals surface area contributed by atoms with E-state index in [-0.39, 0.29) is 12.1 Å². The smallest absolute Gasteiger partial charge is 0.188 e. The predicted octanol–water partition coefficient (Wildman–Crippen LogP) is 1.67. The minimum Gasteiger partial charge on any atom is -0.493 e. The van der Waals surface area contributed by atoms with Crippen LogP contribution in [0, 0.1) is 0 Å². The normalized spacial score (nSPS) is 21.0. The van der Waals surface area contributed by atoms with Crippen LogP contribution in [-0.4, -0.2) is 40.0 Å². The van der Waals surface area contributed by atoms with Crippen molar-refractivity contribution in [1.82, 2.24) is 20.2 Å². The topological polar surface area (TPSA) is 88.1 Å². The maximum atomic E-state index is 6.11. The first kappa shape index (κ1) is 13.8. The molecule has 0 spiro atoms. The molecule has 1 aliphatic carbocycles. The maximum Gasteiger partial charge on any atom is 0.188 e. The number of rotatable bonds is 5. The lowest BCUT2D eigenvalue weighted by Crippen LogP contribution is -2.33. The Morgan fingerprint density at radius 1 is 1.38 bits per heavy atom. The molecule has 7 nitrogen and oxygen atoms in total. The summed E-state index contributed by atoms with van der Waals surface area (Å²) in [6, 6.07) is 5.82. The molecule has 0 amide bonds. The molecule has 0 bridgehead atoms. The number of ether oxygens (including phenoxy) is 2. The van der Waals surface area contributed by atoms with Crippen molar-refractivity contribution in [3.05, 3.63) is 18.2 Å². The highest BCUT2D eigenvalue weighted by Gasteiger charge is 2.34. The van der Waals surface area contributed by atoms with Gasteiger partial charge in [-0.15, -0.1) is 5.10 Å². The third-order valence-electron chi connectivity index (χ3n) is 3.82. The van der Waals surface area contributed by atoms with Gasteiger partial charge in [0.1, 0.15) is 5.75 Å². The lowest BCUT2D eigenvalue weighted by atomic mass is 9.89. The Morgan fingerprint density at radius 3 is 2.90 bits per heavy atom. The fourth-order valence-electron chi connectivity index (χ4n) is 2.60. The van der Waals surface area contributed by atoms with Gasteiger partial charge in [-0.3, -0.25) is 0 Å². The fourth-order valence-corrected chi connectivity index (χ4v) is 2.60. The highest BCUT2D eigenvalue weighted by atomic mass is 16.5. The molecule has 0 atom stereocenters. The molecule has 2 aromatic rings. The number of aromatic nitrogens is 4. The van der Waals surface area contributed by atoms with Gasteiger partial charge in [-0.1, -0.05) is 6.07 Å². The first-order valence-electron chi connectivity index (χ1n) is 7.06. The molecular formula is C14H19N5O2. The molecule has 0 radical (unpaired) electrons. The van der Waals surface area contributed by atoms with Crippen molar-refractivity contribution in [2.24, 2.45) is 0 Å². The van der Waals surface area contributed by atoms with Crippen LogP contribution >= 0.6 is 0 Å². The van der Waals surface area contributed by atoms with E-state index in [2.05, 4.69) is 15.5 Å². The standard InChI is InChI=1S/C14H19N5O2/c1-3-21-12-6-4-5-11(15)13(12)14-16-17-18-19(14)9-7-10(8-9)20-2/h4-6,9-10H,3,7-8,15H2,1-2H3. The van der Waals surface area contributed by atoms with E-state index in [9.17, 15) is 0 Å². The summed E-state index contributed by atoms with van der Waals surface area (Å²) in [4.78, 5) is 0. The molecule has 1 aliphatic rings. The monoisotopic (exact) mass is 289 g/mol. The highest BCUT2D eigenvalue weighted by Crippen LogP contribution is 2.39. The van der Waals surface area contributed by atoms with E-state index in [1.54, 1.807) is 7.11 Å². The molecule has 1 saturated carbocycles. The molecule has 7 heteroatoms. The van der Waals surface area contributed by atoms with Crippen molar-refractivity contribution in [2.45, 2.75) is 31.9 Å². The molecule has 3 rings (SSSR count). The fraction of sp³-hybridized carbons (Fsp3) is 0.500. The summed E-state index contributed by atoms with van der Waals surface area (Å²) in [5.74, 6) is 1.35. The minimum absolute atomic E-state index is 0.244. The van der Waals surface area contributed by atoms with Crippen LogP contribution < -0.4 is 10.5 Å². The maximum absolute atomic E-state index is 6.11. The van der Waals surface area contributed by atoms with E-state index in [1.807, 2.05) is 29.8 Å². The molecule has 1 aromatic heterocycles. The number of benzene rings is 1. The number of anilines is 1. The summed E-state index contributed by atoms with van der Waals surface area (Å²) >= 11 is 0. The van der Waals surface area contributed by atoms with Gasteiger partial charge >= 0.3 is 0 Å². The van der Waals surface area contributed by atoms with E-state index < -0.39 is 0 Å². The first-order valence-corrected chi connectivity index (χ1v) is 7.06. The average molecular weight is 289 g/mol. The summed E-state index contributed by atoms with van der Waals surface area (Å²) in [7, 11) is 1.73. The third-order valence-corrected chi connectivity index (χ3v) is 3.82.